The molecule has 8 rings (SSSR count). The topological polar surface area (TPSA) is 140 Å². The Kier molecular flexibility index (Phi) is 11.9. The van der Waals surface area contributed by atoms with Crippen LogP contribution < -0.4 is 29.0 Å². The van der Waals surface area contributed by atoms with Gasteiger partial charge in [-0.1, -0.05) is 70.3 Å². The number of nitrogens with zero attached hydrogens (tertiary/aromatic N) is 3. The van der Waals surface area contributed by atoms with E-state index in [1.807, 2.05) is 13.8 Å². The van der Waals surface area contributed by atoms with E-state index in [1.165, 1.54) is 58.3 Å². The van der Waals surface area contributed by atoms with Crippen molar-refractivity contribution in [3.8, 4) is 34.8 Å². The molecule has 3 fully saturated rings. The van der Waals surface area contributed by atoms with Gasteiger partial charge < -0.3 is 29.0 Å². The molecule has 2 saturated carbocycles. The van der Waals surface area contributed by atoms with Crippen LogP contribution in [0.1, 0.15) is 142 Å². The van der Waals surface area contributed by atoms with E-state index in [2.05, 4.69) is 34.3 Å². The van der Waals surface area contributed by atoms with Crippen molar-refractivity contribution in [1.82, 2.24) is 15.1 Å². The van der Waals surface area contributed by atoms with Crippen molar-refractivity contribution in [3.63, 3.8) is 0 Å². The summed E-state index contributed by atoms with van der Waals surface area (Å²) in [6.45, 7) is 5.46. The molecule has 1 saturated heterocycles. The number of amides is 1. The first-order chi connectivity index (χ1) is 28.1. The lowest BCUT2D eigenvalue weighted by Crippen LogP contribution is -2.68. The number of aryl methyl sites for hydroxylation is 1. The Bertz CT molecular complexity index is 1960. The van der Waals surface area contributed by atoms with E-state index in [1.54, 1.807) is 7.11 Å². The molecule has 1 amide bonds. The average Bonchev–Trinajstić information content (AvgIpc) is 3.71. The Labute approximate surface area is 342 Å². The number of nitriles is 1. The third-order valence-corrected chi connectivity index (χ3v) is 14.2. The zero-order valence-corrected chi connectivity index (χ0v) is 35.0. The molecule has 1 unspecified atom stereocenters. The summed E-state index contributed by atoms with van der Waals surface area (Å²) in [5, 5.41) is 14.4. The van der Waals surface area contributed by atoms with E-state index in [4.69, 9.17) is 23.7 Å². The van der Waals surface area contributed by atoms with Crippen LogP contribution in [0.2, 0.25) is 0 Å². The number of ether oxygens (including phenoxy) is 5. The van der Waals surface area contributed by atoms with Gasteiger partial charge in [-0.25, -0.2) is 0 Å². The van der Waals surface area contributed by atoms with Crippen molar-refractivity contribution in [3.05, 3.63) is 39.4 Å². The zero-order chi connectivity index (χ0) is 40.7. The molecule has 2 aliphatic carbocycles. The normalized spacial score (nSPS) is 25.5. The number of piperazine rings is 1. The van der Waals surface area contributed by atoms with Gasteiger partial charge in [-0.05, 0) is 69.5 Å². The van der Waals surface area contributed by atoms with Crippen LogP contribution in [0.4, 0.5) is 0 Å². The summed E-state index contributed by atoms with van der Waals surface area (Å²) >= 11 is 0. The zero-order valence-electron chi connectivity index (χ0n) is 35.0. The number of benzene rings is 2. The number of likely N-dealkylation sites (N-methyl/N-ethyl adjacent to an activating group) is 1. The molecular formula is C46H60N4O8. The highest BCUT2D eigenvalue weighted by Crippen LogP contribution is 2.58. The Morgan fingerprint density at radius 3 is 2.19 bits per heavy atom. The maximum absolute atomic E-state index is 13.8. The minimum atomic E-state index is -0.572. The van der Waals surface area contributed by atoms with Gasteiger partial charge in [0.15, 0.2) is 23.0 Å². The standard InChI is InChI=1S/C46H60N4O8/c1-26-20-31-21-33-35(23-47)50-34(41(49(33)4)39(31)46(42(26)54-5)58-38(53)19-17-30-14-10-7-11-15-30)22-32-40(45-44(55-25-56-45)27(2)43(32)57-28(3)51)36(50)24-48-37(52)18-16-29-12-8-6-9-13-29/h20,29-30,33-36,41H,6-19,21-22,24-25H2,1-5H3,(H,48,52)/t33-,34?,35-,36-,41+/m0/s1. The lowest BCUT2D eigenvalue weighted by atomic mass is 9.71. The maximum Gasteiger partial charge on any atom is 0.311 e. The summed E-state index contributed by atoms with van der Waals surface area (Å²) in [5.74, 6) is 2.82. The van der Waals surface area contributed by atoms with Gasteiger partial charge in [-0.15, -0.1) is 0 Å². The number of nitrogens with one attached hydrogen (secondary N) is 1. The number of methoxy groups -OCH3 is 1. The van der Waals surface area contributed by atoms with E-state index < -0.39 is 18.1 Å². The molecule has 0 spiro atoms. The smallest absolute Gasteiger partial charge is 0.311 e. The summed E-state index contributed by atoms with van der Waals surface area (Å²) in [7, 11) is 3.67. The molecule has 4 aliphatic heterocycles. The first-order valence-electron chi connectivity index (χ1n) is 21.8. The predicted molar refractivity (Wildman–Crippen MR) is 216 cm³/mol. The summed E-state index contributed by atoms with van der Waals surface area (Å²) in [5.41, 5.74) is 5.01. The highest BCUT2D eigenvalue weighted by Gasteiger charge is 2.57. The Hall–Kier alpha value is -4.34. The van der Waals surface area contributed by atoms with Crippen molar-refractivity contribution >= 4 is 17.8 Å². The molecule has 0 radical (unpaired) electrons. The van der Waals surface area contributed by atoms with E-state index in [0.717, 1.165) is 53.5 Å². The number of hydrogen-bond acceptors (Lipinski definition) is 11. The lowest BCUT2D eigenvalue weighted by Gasteiger charge is -2.60. The molecule has 2 aromatic carbocycles. The lowest BCUT2D eigenvalue weighted by molar-refractivity contribution is -0.135. The second-order valence-corrected chi connectivity index (χ2v) is 17.7. The van der Waals surface area contributed by atoms with Crippen molar-refractivity contribution < 1.29 is 38.1 Å². The van der Waals surface area contributed by atoms with Gasteiger partial charge in [0.2, 0.25) is 12.7 Å². The molecule has 312 valence electrons. The van der Waals surface area contributed by atoms with Crippen molar-refractivity contribution in [2.24, 2.45) is 11.8 Å². The average molecular weight is 797 g/mol. The van der Waals surface area contributed by atoms with Crippen LogP contribution in [-0.2, 0) is 27.2 Å². The third kappa shape index (κ3) is 7.53. The summed E-state index contributed by atoms with van der Waals surface area (Å²) in [4.78, 5) is 44.8. The molecule has 2 aromatic rings. The quantitative estimate of drug-likeness (QED) is 0.179. The number of carbonyl (C=O) groups is 3. The van der Waals surface area contributed by atoms with Gasteiger partial charge in [0.1, 0.15) is 11.8 Å². The number of fused-ring (bicyclic) bond motifs is 9. The Balaban J connectivity index is 1.21. The molecule has 1 N–H and O–H groups in total. The van der Waals surface area contributed by atoms with E-state index in [-0.39, 0.29) is 43.3 Å². The predicted octanol–water partition coefficient (Wildman–Crippen LogP) is 7.48. The summed E-state index contributed by atoms with van der Waals surface area (Å²) in [6.07, 6.45) is 15.4. The first-order valence-corrected chi connectivity index (χ1v) is 21.8. The van der Waals surface area contributed by atoms with E-state index >= 15 is 0 Å². The van der Waals surface area contributed by atoms with Gasteiger partial charge in [-0.2, -0.15) is 5.26 Å². The van der Waals surface area contributed by atoms with Crippen LogP contribution in [0.25, 0.3) is 0 Å². The third-order valence-electron chi connectivity index (χ3n) is 14.2. The number of carbonyl (C=O) groups excluding carboxylic acids is 3. The monoisotopic (exact) mass is 796 g/mol. The highest BCUT2D eigenvalue weighted by molar-refractivity contribution is 5.77. The number of rotatable bonds is 11. The van der Waals surface area contributed by atoms with Crippen LogP contribution in [0.3, 0.4) is 0 Å². The van der Waals surface area contributed by atoms with Crippen molar-refractivity contribution in [2.45, 2.75) is 154 Å². The minimum absolute atomic E-state index is 0.00763. The van der Waals surface area contributed by atoms with Gasteiger partial charge in [-0.3, -0.25) is 24.2 Å². The van der Waals surface area contributed by atoms with Gasteiger partial charge in [0, 0.05) is 60.6 Å². The van der Waals surface area contributed by atoms with Crippen LogP contribution >= 0.6 is 0 Å². The van der Waals surface area contributed by atoms with Crippen LogP contribution in [0, 0.1) is 37.0 Å². The molecular weight excluding hydrogens is 737 g/mol. The largest absolute Gasteiger partial charge is 0.493 e. The van der Waals surface area contributed by atoms with Crippen LogP contribution in [0.5, 0.6) is 28.7 Å². The molecule has 2 bridgehead atoms. The highest BCUT2D eigenvalue weighted by atomic mass is 16.7. The number of esters is 2. The van der Waals surface area contributed by atoms with Gasteiger partial charge in [0.25, 0.3) is 0 Å². The molecule has 58 heavy (non-hydrogen) atoms. The summed E-state index contributed by atoms with van der Waals surface area (Å²) < 4.78 is 30.8. The molecule has 12 nitrogen and oxygen atoms in total. The fourth-order valence-electron chi connectivity index (χ4n) is 11.5. The van der Waals surface area contributed by atoms with Crippen molar-refractivity contribution in [2.75, 3.05) is 27.5 Å². The van der Waals surface area contributed by atoms with Gasteiger partial charge >= 0.3 is 11.9 Å². The maximum atomic E-state index is 13.8. The van der Waals surface area contributed by atoms with Crippen LogP contribution in [0.15, 0.2) is 6.07 Å². The molecule has 4 heterocycles. The molecule has 0 aromatic heterocycles. The van der Waals surface area contributed by atoms with Gasteiger partial charge in [0.05, 0.1) is 25.3 Å². The minimum Gasteiger partial charge on any atom is -0.493 e. The fourth-order valence-corrected chi connectivity index (χ4v) is 11.5. The van der Waals surface area contributed by atoms with Crippen molar-refractivity contribution in [1.29, 1.82) is 5.26 Å². The molecule has 12 heteroatoms. The second kappa shape index (κ2) is 17.1. The molecule has 5 atom stereocenters. The second-order valence-electron chi connectivity index (χ2n) is 17.7. The Morgan fingerprint density at radius 1 is 0.862 bits per heavy atom. The van der Waals surface area contributed by atoms with E-state index in [0.29, 0.717) is 71.8 Å². The number of hydrogen-bond donors (Lipinski definition) is 1. The fraction of sp³-hybridized carbons (Fsp3) is 0.652. The van der Waals surface area contributed by atoms with Crippen LogP contribution in [-0.4, -0.2) is 73.3 Å². The van der Waals surface area contributed by atoms with E-state index in [9.17, 15) is 19.6 Å². The summed E-state index contributed by atoms with van der Waals surface area (Å²) in [6, 6.07) is 2.82. The SMILES string of the molecule is COc1c(C)cc2c(c1OC(=O)CCC1CCCCC1)[C@H]1C3Cc4c(OC(C)=O)c(C)c5c(c4[C@H](CNC(=O)CCC4CCCCC4)N3[C@@H](C#N)[C@H](C2)N1C)OCO5. The molecule has 6 aliphatic rings. The Morgan fingerprint density at radius 2 is 1.53 bits per heavy atom. The first kappa shape index (κ1) is 40.4.